The van der Waals surface area contributed by atoms with Gasteiger partial charge in [0.05, 0.1) is 12.6 Å². The molecular formula is C9H16N4O. The highest BCUT2D eigenvalue weighted by atomic mass is 16.5. The van der Waals surface area contributed by atoms with Gasteiger partial charge in [-0.05, 0) is 19.4 Å². The Bertz CT molecular complexity index is 280. The van der Waals surface area contributed by atoms with Gasteiger partial charge in [-0.3, -0.25) is 0 Å². The molecular weight excluding hydrogens is 180 g/mol. The molecule has 0 spiro atoms. The summed E-state index contributed by atoms with van der Waals surface area (Å²) < 4.78 is 7.10. The van der Waals surface area contributed by atoms with Crippen LogP contribution in [0.2, 0.25) is 0 Å². The standard InChI is InChI=1S/C9H16N4O/c1-14-6-5-13-7-11-12-9(13)8-3-2-4-10-8/h7-8,10H,2-6H2,1H3/t8-/m0/s1. The number of hydrogen-bond donors (Lipinski definition) is 1. The van der Waals surface area contributed by atoms with Gasteiger partial charge in [-0.2, -0.15) is 0 Å². The van der Waals surface area contributed by atoms with Crippen LogP contribution in [-0.4, -0.2) is 35.0 Å². The predicted molar refractivity (Wildman–Crippen MR) is 51.9 cm³/mol. The van der Waals surface area contributed by atoms with Crippen molar-refractivity contribution in [2.24, 2.45) is 0 Å². The molecule has 1 aliphatic rings. The van der Waals surface area contributed by atoms with E-state index in [0.717, 1.165) is 25.3 Å². The quantitative estimate of drug-likeness (QED) is 0.755. The van der Waals surface area contributed by atoms with Crippen molar-refractivity contribution in [1.29, 1.82) is 0 Å². The second-order valence-electron chi connectivity index (χ2n) is 3.52. The molecule has 0 radical (unpaired) electrons. The number of nitrogens with one attached hydrogen (secondary N) is 1. The smallest absolute Gasteiger partial charge is 0.150 e. The Morgan fingerprint density at radius 2 is 2.64 bits per heavy atom. The molecule has 5 nitrogen and oxygen atoms in total. The maximum atomic E-state index is 5.04. The number of nitrogens with zero attached hydrogens (tertiary/aromatic N) is 3. The molecule has 14 heavy (non-hydrogen) atoms. The number of methoxy groups -OCH3 is 1. The molecule has 0 unspecified atom stereocenters. The normalized spacial score (nSPS) is 21.6. The van der Waals surface area contributed by atoms with E-state index >= 15 is 0 Å². The predicted octanol–water partition coefficient (Wildman–Crippen LogP) is 0.349. The van der Waals surface area contributed by atoms with Gasteiger partial charge >= 0.3 is 0 Å². The molecule has 2 heterocycles. The fourth-order valence-corrected chi connectivity index (χ4v) is 1.80. The molecule has 1 aromatic heterocycles. The molecule has 1 aromatic rings. The first-order valence-corrected chi connectivity index (χ1v) is 5.02. The maximum absolute atomic E-state index is 5.04. The lowest BCUT2D eigenvalue weighted by atomic mass is 10.2. The van der Waals surface area contributed by atoms with Crippen LogP contribution < -0.4 is 5.32 Å². The van der Waals surface area contributed by atoms with Gasteiger partial charge in [0.1, 0.15) is 12.2 Å². The minimum Gasteiger partial charge on any atom is -0.383 e. The molecule has 0 aromatic carbocycles. The molecule has 0 amide bonds. The van der Waals surface area contributed by atoms with Crippen LogP contribution in [0.1, 0.15) is 24.7 Å². The summed E-state index contributed by atoms with van der Waals surface area (Å²) in [6.07, 6.45) is 4.15. The van der Waals surface area contributed by atoms with E-state index in [0.29, 0.717) is 12.6 Å². The van der Waals surface area contributed by atoms with Gasteiger partial charge in [-0.15, -0.1) is 10.2 Å². The molecule has 1 aliphatic heterocycles. The van der Waals surface area contributed by atoms with Crippen LogP contribution in [0.3, 0.4) is 0 Å². The lowest BCUT2D eigenvalue weighted by Crippen LogP contribution is -2.19. The van der Waals surface area contributed by atoms with Gasteiger partial charge in [0.15, 0.2) is 0 Å². The molecule has 1 fully saturated rings. The summed E-state index contributed by atoms with van der Waals surface area (Å²) in [7, 11) is 1.71. The molecule has 1 N–H and O–H groups in total. The first kappa shape index (κ1) is 9.61. The van der Waals surface area contributed by atoms with Crippen LogP contribution >= 0.6 is 0 Å². The van der Waals surface area contributed by atoms with E-state index in [4.69, 9.17) is 4.74 Å². The minimum atomic E-state index is 0.384. The average molecular weight is 196 g/mol. The summed E-state index contributed by atoms with van der Waals surface area (Å²) >= 11 is 0. The fraction of sp³-hybridized carbons (Fsp3) is 0.778. The van der Waals surface area contributed by atoms with Crippen molar-refractivity contribution in [3.63, 3.8) is 0 Å². The van der Waals surface area contributed by atoms with Crippen molar-refractivity contribution >= 4 is 0 Å². The van der Waals surface area contributed by atoms with E-state index in [1.54, 1.807) is 13.4 Å². The van der Waals surface area contributed by atoms with Crippen molar-refractivity contribution < 1.29 is 4.74 Å². The molecule has 1 atom stereocenters. The van der Waals surface area contributed by atoms with Gasteiger partial charge in [-0.25, -0.2) is 0 Å². The summed E-state index contributed by atoms with van der Waals surface area (Å²) in [6, 6.07) is 0.384. The Labute approximate surface area is 83.5 Å². The molecule has 78 valence electrons. The summed E-state index contributed by atoms with van der Waals surface area (Å²) in [6.45, 7) is 2.62. The van der Waals surface area contributed by atoms with Crippen molar-refractivity contribution in [3.05, 3.63) is 12.2 Å². The summed E-state index contributed by atoms with van der Waals surface area (Å²) in [5.74, 6) is 1.04. The summed E-state index contributed by atoms with van der Waals surface area (Å²) in [4.78, 5) is 0. The highest BCUT2D eigenvalue weighted by Crippen LogP contribution is 2.20. The van der Waals surface area contributed by atoms with E-state index < -0.39 is 0 Å². The Kier molecular flexibility index (Phi) is 3.10. The highest BCUT2D eigenvalue weighted by Gasteiger charge is 2.20. The van der Waals surface area contributed by atoms with Crippen molar-refractivity contribution in [2.75, 3.05) is 20.3 Å². The highest BCUT2D eigenvalue weighted by molar-refractivity contribution is 4.97. The SMILES string of the molecule is COCCn1cnnc1[C@@H]1CCCN1. The first-order chi connectivity index (χ1) is 6.92. The third-order valence-corrected chi connectivity index (χ3v) is 2.55. The fourth-order valence-electron chi connectivity index (χ4n) is 1.80. The molecule has 1 saturated heterocycles. The van der Waals surface area contributed by atoms with Crippen molar-refractivity contribution in [1.82, 2.24) is 20.1 Å². The zero-order valence-corrected chi connectivity index (χ0v) is 8.44. The van der Waals surface area contributed by atoms with Crippen LogP contribution in [0.5, 0.6) is 0 Å². The molecule has 2 rings (SSSR count). The van der Waals surface area contributed by atoms with Crippen molar-refractivity contribution in [3.8, 4) is 0 Å². The second kappa shape index (κ2) is 4.52. The van der Waals surface area contributed by atoms with E-state index in [9.17, 15) is 0 Å². The monoisotopic (exact) mass is 196 g/mol. The van der Waals surface area contributed by atoms with Gasteiger partial charge < -0.3 is 14.6 Å². The van der Waals surface area contributed by atoms with E-state index in [1.165, 1.54) is 6.42 Å². The maximum Gasteiger partial charge on any atom is 0.150 e. The Morgan fingerprint density at radius 1 is 1.71 bits per heavy atom. The van der Waals surface area contributed by atoms with Crippen molar-refractivity contribution in [2.45, 2.75) is 25.4 Å². The third kappa shape index (κ3) is 1.93. The third-order valence-electron chi connectivity index (χ3n) is 2.55. The first-order valence-electron chi connectivity index (χ1n) is 5.02. The lowest BCUT2D eigenvalue weighted by Gasteiger charge is -2.11. The molecule has 5 heteroatoms. The Hall–Kier alpha value is -0.940. The molecule has 0 saturated carbocycles. The van der Waals surface area contributed by atoms with E-state index in [2.05, 4.69) is 20.1 Å². The number of ether oxygens (including phenoxy) is 1. The van der Waals surface area contributed by atoms with Gasteiger partial charge in [-0.1, -0.05) is 0 Å². The zero-order chi connectivity index (χ0) is 9.80. The van der Waals surface area contributed by atoms with Crippen LogP contribution in [0.15, 0.2) is 6.33 Å². The van der Waals surface area contributed by atoms with E-state index in [1.807, 2.05) is 0 Å². The van der Waals surface area contributed by atoms with Crippen LogP contribution in [0.25, 0.3) is 0 Å². The average Bonchev–Trinajstić information content (AvgIpc) is 2.84. The summed E-state index contributed by atoms with van der Waals surface area (Å²) in [5.41, 5.74) is 0. The molecule has 0 bridgehead atoms. The minimum absolute atomic E-state index is 0.384. The Balaban J connectivity index is 2.04. The number of rotatable bonds is 4. The van der Waals surface area contributed by atoms with Crippen LogP contribution in [0.4, 0.5) is 0 Å². The topological polar surface area (TPSA) is 52.0 Å². The lowest BCUT2D eigenvalue weighted by molar-refractivity contribution is 0.185. The van der Waals surface area contributed by atoms with Gasteiger partial charge in [0.2, 0.25) is 0 Å². The van der Waals surface area contributed by atoms with Gasteiger partial charge in [0, 0.05) is 13.7 Å². The Morgan fingerprint density at radius 3 is 3.36 bits per heavy atom. The van der Waals surface area contributed by atoms with Gasteiger partial charge in [0.25, 0.3) is 0 Å². The van der Waals surface area contributed by atoms with E-state index in [-0.39, 0.29) is 0 Å². The van der Waals surface area contributed by atoms with Crippen LogP contribution in [-0.2, 0) is 11.3 Å². The van der Waals surface area contributed by atoms with Crippen LogP contribution in [0, 0.1) is 0 Å². The second-order valence-corrected chi connectivity index (χ2v) is 3.52. The summed E-state index contributed by atoms with van der Waals surface area (Å²) in [5, 5.41) is 11.5. The molecule has 0 aliphatic carbocycles. The number of aromatic nitrogens is 3. The largest absolute Gasteiger partial charge is 0.383 e. The number of hydrogen-bond acceptors (Lipinski definition) is 4. The zero-order valence-electron chi connectivity index (χ0n) is 8.44.